The summed E-state index contributed by atoms with van der Waals surface area (Å²) in [5, 5.41) is 6.06. The van der Waals surface area contributed by atoms with Crippen molar-refractivity contribution in [1.82, 2.24) is 10.3 Å². The van der Waals surface area contributed by atoms with Gasteiger partial charge in [-0.15, -0.1) is 0 Å². The first-order valence-corrected chi connectivity index (χ1v) is 12.6. The highest BCUT2D eigenvalue weighted by atomic mass is 19.4. The summed E-state index contributed by atoms with van der Waals surface area (Å²) in [4.78, 5) is 22.1. The monoisotopic (exact) mass is 525 g/mol. The van der Waals surface area contributed by atoms with Gasteiger partial charge in [0.25, 0.3) is 0 Å². The Morgan fingerprint density at radius 2 is 1.92 bits per heavy atom. The summed E-state index contributed by atoms with van der Waals surface area (Å²) in [5.74, 6) is 0.443. The van der Waals surface area contributed by atoms with Crippen molar-refractivity contribution in [2.75, 3.05) is 41.3 Å². The summed E-state index contributed by atoms with van der Waals surface area (Å²) < 4.78 is 39.9. The van der Waals surface area contributed by atoms with E-state index in [9.17, 15) is 18.0 Å². The van der Waals surface area contributed by atoms with E-state index in [0.29, 0.717) is 42.4 Å². The molecule has 200 valence electrons. The van der Waals surface area contributed by atoms with E-state index in [1.54, 1.807) is 29.2 Å². The molecule has 1 aromatic heterocycles. The topological polar surface area (TPSA) is 113 Å². The smallest absolute Gasteiger partial charge is 0.366 e. The normalized spacial score (nSPS) is 17.7. The highest BCUT2D eigenvalue weighted by Crippen LogP contribution is 2.40. The number of anilines is 3. The molecule has 1 fully saturated rings. The number of hydrogen-bond donors (Lipinski definition) is 4. The Labute approximate surface area is 218 Å². The quantitative estimate of drug-likeness (QED) is 0.357. The number of carbonyl (C=O) groups is 1. The Hall–Kier alpha value is -3.67. The van der Waals surface area contributed by atoms with Crippen molar-refractivity contribution >= 4 is 23.2 Å². The Morgan fingerprint density at radius 3 is 2.66 bits per heavy atom. The molecule has 2 aliphatic rings. The minimum Gasteiger partial charge on any atom is -0.366 e. The maximum absolute atomic E-state index is 13.6. The van der Waals surface area contributed by atoms with Crippen LogP contribution in [-0.2, 0) is 6.18 Å². The lowest BCUT2D eigenvalue weighted by Gasteiger charge is -2.45. The molecule has 5 rings (SSSR count). The molecule has 0 saturated carbocycles. The zero-order valence-corrected chi connectivity index (χ0v) is 20.7. The zero-order valence-electron chi connectivity index (χ0n) is 20.7. The van der Waals surface area contributed by atoms with Gasteiger partial charge in [0.1, 0.15) is 0 Å². The van der Waals surface area contributed by atoms with Crippen molar-refractivity contribution in [3.8, 4) is 11.3 Å². The van der Waals surface area contributed by atoms with Crippen LogP contribution in [-0.4, -0.2) is 43.2 Å². The number of hydrogen-bond acceptors (Lipinski definition) is 6. The van der Waals surface area contributed by atoms with Gasteiger partial charge < -0.3 is 21.7 Å². The Kier molecular flexibility index (Phi) is 7.24. The van der Waals surface area contributed by atoms with Gasteiger partial charge in [-0.3, -0.25) is 10.2 Å². The maximum atomic E-state index is 13.6. The fraction of sp³-hybridized carbons (Fsp3) is 0.333. The number of benzene rings is 2. The molecule has 2 amide bonds. The van der Waals surface area contributed by atoms with Crippen molar-refractivity contribution in [2.45, 2.75) is 31.2 Å². The van der Waals surface area contributed by atoms with Crippen LogP contribution in [0.4, 0.5) is 35.2 Å². The molecule has 38 heavy (non-hydrogen) atoms. The highest BCUT2D eigenvalue weighted by molar-refractivity contribution is 6.04. The molecule has 3 heterocycles. The van der Waals surface area contributed by atoms with Gasteiger partial charge in [0, 0.05) is 37.4 Å². The van der Waals surface area contributed by atoms with Crippen LogP contribution in [0.15, 0.2) is 60.7 Å². The number of carbonyl (C=O) groups excluding carboxylic acids is 1. The number of amides is 2. The third-order valence-electron chi connectivity index (χ3n) is 6.92. The lowest BCUT2D eigenvalue weighted by atomic mass is 9.99. The van der Waals surface area contributed by atoms with E-state index in [2.05, 4.69) is 15.5 Å². The number of rotatable bonds is 6. The molecule has 0 radical (unpaired) electrons. The maximum Gasteiger partial charge on any atom is 0.416 e. The second-order valence-corrected chi connectivity index (χ2v) is 9.50. The summed E-state index contributed by atoms with van der Waals surface area (Å²) in [6.07, 6.45) is -3.10. The Morgan fingerprint density at radius 1 is 1.13 bits per heavy atom. The number of fused-ring (bicyclic) bond motifs is 4. The second-order valence-electron chi connectivity index (χ2n) is 9.50. The highest BCUT2D eigenvalue weighted by Gasteiger charge is 2.38. The number of alkyl halides is 3. The van der Waals surface area contributed by atoms with Crippen molar-refractivity contribution in [3.05, 3.63) is 71.8 Å². The van der Waals surface area contributed by atoms with Crippen LogP contribution >= 0.6 is 0 Å². The van der Waals surface area contributed by atoms with Gasteiger partial charge in [-0.1, -0.05) is 24.3 Å². The number of aromatic nitrogens is 1. The fourth-order valence-electron chi connectivity index (χ4n) is 5.01. The van der Waals surface area contributed by atoms with Gasteiger partial charge in [0.15, 0.2) is 5.82 Å². The predicted octanol–water partition coefficient (Wildman–Crippen LogP) is 4.29. The Balaban J connectivity index is 1.43. The van der Waals surface area contributed by atoms with E-state index >= 15 is 0 Å². The number of urea groups is 1. The van der Waals surface area contributed by atoms with E-state index < -0.39 is 11.7 Å². The molecule has 2 bridgehead atoms. The summed E-state index contributed by atoms with van der Waals surface area (Å²) in [6, 6.07) is 15.4. The zero-order chi connectivity index (χ0) is 26.9. The minimum atomic E-state index is -4.46. The number of nitrogens with two attached hydrogens (primary N) is 2. The number of pyridine rings is 1. The molecule has 0 spiro atoms. The van der Waals surface area contributed by atoms with E-state index in [4.69, 9.17) is 16.5 Å². The van der Waals surface area contributed by atoms with Crippen molar-refractivity contribution in [3.63, 3.8) is 0 Å². The van der Waals surface area contributed by atoms with Gasteiger partial charge in [-0.05, 0) is 54.8 Å². The van der Waals surface area contributed by atoms with E-state index in [0.717, 1.165) is 42.8 Å². The van der Waals surface area contributed by atoms with Gasteiger partial charge in [0.05, 0.1) is 29.2 Å². The summed E-state index contributed by atoms with van der Waals surface area (Å²) >= 11 is 0. The second kappa shape index (κ2) is 10.6. The first-order chi connectivity index (χ1) is 18.2. The third kappa shape index (κ3) is 5.31. The lowest BCUT2D eigenvalue weighted by molar-refractivity contribution is -0.137. The molecule has 1 unspecified atom stereocenters. The molecule has 11 heteroatoms. The molecule has 2 aromatic carbocycles. The van der Waals surface area contributed by atoms with Crippen LogP contribution in [0, 0.1) is 0 Å². The summed E-state index contributed by atoms with van der Waals surface area (Å²) in [5.41, 5.74) is 13.8. The van der Waals surface area contributed by atoms with Crippen molar-refractivity contribution in [1.29, 1.82) is 0 Å². The van der Waals surface area contributed by atoms with E-state index in [-0.39, 0.29) is 18.2 Å². The fourth-order valence-corrected chi connectivity index (χ4v) is 5.01. The number of piperidine rings is 1. The van der Waals surface area contributed by atoms with Crippen LogP contribution in [0.25, 0.3) is 11.3 Å². The SMILES string of the molecule is NCCNC(N)c1ccc(NC(=O)N2c3nc(-c4cccc(C(F)(F)F)c4)ccc3N3CCC[C@H]2C3)cc1. The van der Waals surface area contributed by atoms with E-state index in [1.807, 2.05) is 18.2 Å². The standard InChI is InChI=1S/C27H30F3N7O/c28-27(29,30)19-4-1-3-18(15-19)22-10-11-23-25(35-22)37(21-5-2-14-36(23)16-21)26(38)34-20-8-6-17(7-9-20)24(32)33-13-12-31/h1,3-4,6-11,15,21,24,33H,2,5,12-14,16,31-32H2,(H,34,38)/t21-,24?/m0/s1. The molecule has 8 nitrogen and oxygen atoms in total. The summed E-state index contributed by atoms with van der Waals surface area (Å²) in [6.45, 7) is 2.57. The number of halogens is 3. The predicted molar refractivity (Wildman–Crippen MR) is 142 cm³/mol. The van der Waals surface area contributed by atoms with Crippen LogP contribution < -0.4 is 31.9 Å². The van der Waals surface area contributed by atoms with Crippen LogP contribution in [0.3, 0.4) is 0 Å². The molecule has 2 aliphatic heterocycles. The molecular weight excluding hydrogens is 495 g/mol. The average Bonchev–Trinajstić information content (AvgIpc) is 2.91. The van der Waals surface area contributed by atoms with Crippen molar-refractivity contribution < 1.29 is 18.0 Å². The third-order valence-corrected chi connectivity index (χ3v) is 6.92. The molecule has 1 saturated heterocycles. The van der Waals surface area contributed by atoms with Gasteiger partial charge in [-0.2, -0.15) is 13.2 Å². The molecule has 3 aromatic rings. The molecule has 2 atom stereocenters. The van der Waals surface area contributed by atoms with Crippen molar-refractivity contribution in [2.24, 2.45) is 11.5 Å². The van der Waals surface area contributed by atoms with Gasteiger partial charge >= 0.3 is 12.2 Å². The minimum absolute atomic E-state index is 0.103. The molecule has 0 aliphatic carbocycles. The average molecular weight is 526 g/mol. The number of nitrogens with zero attached hydrogens (tertiary/aromatic N) is 3. The van der Waals surface area contributed by atoms with Gasteiger partial charge in [-0.25, -0.2) is 9.78 Å². The van der Waals surface area contributed by atoms with Crippen LogP contribution in [0.5, 0.6) is 0 Å². The largest absolute Gasteiger partial charge is 0.416 e. The first kappa shape index (κ1) is 26.0. The van der Waals surface area contributed by atoms with E-state index in [1.165, 1.54) is 6.07 Å². The Bertz CT molecular complexity index is 1300. The van der Waals surface area contributed by atoms with Crippen LogP contribution in [0.1, 0.15) is 30.1 Å². The first-order valence-electron chi connectivity index (χ1n) is 12.6. The molecule has 6 N–H and O–H groups in total. The number of nitrogens with one attached hydrogen (secondary N) is 2. The van der Waals surface area contributed by atoms with Gasteiger partial charge in [0.2, 0.25) is 0 Å². The molecular formula is C27H30F3N7O. The summed E-state index contributed by atoms with van der Waals surface area (Å²) in [7, 11) is 0. The van der Waals surface area contributed by atoms with Crippen LogP contribution in [0.2, 0.25) is 0 Å². The lowest BCUT2D eigenvalue weighted by Crippen LogP contribution is -2.56.